The molecule has 1 aromatic heterocycles. The third-order valence-electron chi connectivity index (χ3n) is 5.40. The Balaban J connectivity index is 1.76. The lowest BCUT2D eigenvalue weighted by atomic mass is 9.68. The van der Waals surface area contributed by atoms with Crippen molar-refractivity contribution in [2.45, 2.75) is 44.4 Å². The number of nitrogens with one attached hydrogen (secondary N) is 1. The Labute approximate surface area is 171 Å². The number of benzene rings is 1. The molecule has 2 aromatic rings. The van der Waals surface area contributed by atoms with Crippen LogP contribution in [0.1, 0.15) is 43.2 Å². The molecule has 0 bridgehead atoms. The van der Waals surface area contributed by atoms with Crippen LogP contribution in [0.2, 0.25) is 5.02 Å². The highest BCUT2D eigenvalue weighted by Gasteiger charge is 2.43. The molecule has 1 aromatic carbocycles. The van der Waals surface area contributed by atoms with Crippen LogP contribution >= 0.6 is 11.6 Å². The Kier molecular flexibility index (Phi) is 6.35. The van der Waals surface area contributed by atoms with Crippen molar-refractivity contribution in [3.05, 3.63) is 58.7 Å². The minimum Gasteiger partial charge on any atom is -0.336 e. The van der Waals surface area contributed by atoms with Crippen LogP contribution in [0, 0.1) is 6.92 Å². The van der Waals surface area contributed by atoms with Gasteiger partial charge in [0.05, 0.1) is 12.0 Å². The van der Waals surface area contributed by atoms with Gasteiger partial charge in [0, 0.05) is 18.3 Å². The average Bonchev–Trinajstić information content (AvgIpc) is 2.67. The number of carbonyl (C=O) groups is 2. The van der Waals surface area contributed by atoms with Crippen molar-refractivity contribution in [2.24, 2.45) is 0 Å². The van der Waals surface area contributed by atoms with Crippen molar-refractivity contribution < 1.29 is 9.59 Å². The van der Waals surface area contributed by atoms with Crippen LogP contribution in [-0.4, -0.2) is 35.3 Å². The Morgan fingerprint density at radius 3 is 2.61 bits per heavy atom. The van der Waals surface area contributed by atoms with Crippen molar-refractivity contribution >= 4 is 29.2 Å². The molecule has 1 fully saturated rings. The van der Waals surface area contributed by atoms with Gasteiger partial charge in [0.2, 0.25) is 11.8 Å². The Bertz CT molecular complexity index is 862. The summed E-state index contributed by atoms with van der Waals surface area (Å²) in [6, 6.07) is 11.2. The number of halogens is 1. The van der Waals surface area contributed by atoms with E-state index in [1.807, 2.05) is 37.3 Å². The highest BCUT2D eigenvalue weighted by atomic mass is 35.5. The van der Waals surface area contributed by atoms with E-state index in [0.717, 1.165) is 43.2 Å². The zero-order chi connectivity index (χ0) is 20.1. The zero-order valence-corrected chi connectivity index (χ0v) is 17.1. The van der Waals surface area contributed by atoms with Crippen LogP contribution in [0.4, 0.5) is 5.82 Å². The third-order valence-corrected chi connectivity index (χ3v) is 5.64. The molecule has 1 N–H and O–H groups in total. The van der Waals surface area contributed by atoms with E-state index in [2.05, 4.69) is 10.3 Å². The largest absolute Gasteiger partial charge is 0.336 e. The number of likely N-dealkylation sites (N-methyl/N-ethyl adjacent to an activating group) is 1. The second kappa shape index (κ2) is 8.74. The molecule has 0 atom stereocenters. The van der Waals surface area contributed by atoms with E-state index in [1.165, 1.54) is 4.90 Å². The summed E-state index contributed by atoms with van der Waals surface area (Å²) in [5, 5.41) is 3.39. The number of rotatable bonds is 5. The quantitative estimate of drug-likeness (QED) is 0.813. The van der Waals surface area contributed by atoms with Crippen LogP contribution in [0.3, 0.4) is 0 Å². The number of amides is 2. The topological polar surface area (TPSA) is 62.3 Å². The average molecular weight is 400 g/mol. The Morgan fingerprint density at radius 1 is 1.18 bits per heavy atom. The lowest BCUT2D eigenvalue weighted by Crippen LogP contribution is -2.48. The van der Waals surface area contributed by atoms with Gasteiger partial charge in [-0.3, -0.25) is 9.59 Å². The van der Waals surface area contributed by atoms with Gasteiger partial charge in [-0.05, 0) is 55.2 Å². The minimum absolute atomic E-state index is 0.0171. The molecule has 0 spiro atoms. The summed E-state index contributed by atoms with van der Waals surface area (Å²) < 4.78 is 0. The summed E-state index contributed by atoms with van der Waals surface area (Å²) >= 11 is 6.20. The van der Waals surface area contributed by atoms with Gasteiger partial charge in [0.15, 0.2) is 0 Å². The molecular weight excluding hydrogens is 374 g/mol. The number of hydrogen-bond donors (Lipinski definition) is 1. The molecule has 1 heterocycles. The molecule has 5 nitrogen and oxygen atoms in total. The molecule has 0 saturated heterocycles. The summed E-state index contributed by atoms with van der Waals surface area (Å²) in [6.45, 7) is 1.92. The normalized spacial score (nSPS) is 15.7. The smallest absolute Gasteiger partial charge is 0.245 e. The summed E-state index contributed by atoms with van der Waals surface area (Å²) in [6.07, 6.45) is 6.31. The van der Waals surface area contributed by atoms with Crippen molar-refractivity contribution in [1.29, 1.82) is 0 Å². The maximum Gasteiger partial charge on any atom is 0.245 e. The number of nitrogens with zero attached hydrogens (tertiary/aromatic N) is 2. The predicted molar refractivity (Wildman–Crippen MR) is 111 cm³/mol. The first-order valence-electron chi connectivity index (χ1n) is 9.65. The maximum absolute atomic E-state index is 13.5. The van der Waals surface area contributed by atoms with Crippen molar-refractivity contribution in [1.82, 2.24) is 9.88 Å². The van der Waals surface area contributed by atoms with E-state index in [9.17, 15) is 9.59 Å². The van der Waals surface area contributed by atoms with E-state index in [1.54, 1.807) is 19.3 Å². The molecule has 1 aliphatic rings. The standard InChI is InChI=1S/C22H26ClN3O2/c1-16-9-12-24-19(13-16)25-20(27)15-26(2)21(28)22(10-4-3-5-11-22)17-7-6-8-18(23)14-17/h6-9,12-14H,3-5,10-11,15H2,1-2H3,(H,24,25,27). The van der Waals surface area contributed by atoms with Crippen LogP contribution < -0.4 is 5.32 Å². The van der Waals surface area contributed by atoms with Crippen LogP contribution in [0.15, 0.2) is 42.6 Å². The van der Waals surface area contributed by atoms with E-state index in [-0.39, 0.29) is 18.4 Å². The fraction of sp³-hybridized carbons (Fsp3) is 0.409. The monoisotopic (exact) mass is 399 g/mol. The summed E-state index contributed by atoms with van der Waals surface area (Å²) in [5.41, 5.74) is 1.34. The molecular formula is C22H26ClN3O2. The van der Waals surface area contributed by atoms with Gasteiger partial charge >= 0.3 is 0 Å². The predicted octanol–water partition coefficient (Wildman–Crippen LogP) is 4.34. The number of carbonyl (C=O) groups excluding carboxylic acids is 2. The van der Waals surface area contributed by atoms with E-state index in [4.69, 9.17) is 11.6 Å². The van der Waals surface area contributed by atoms with Crippen molar-refractivity contribution in [3.63, 3.8) is 0 Å². The molecule has 0 aliphatic heterocycles. The molecule has 148 valence electrons. The number of aromatic nitrogens is 1. The summed E-state index contributed by atoms with van der Waals surface area (Å²) in [4.78, 5) is 31.6. The van der Waals surface area contributed by atoms with Gasteiger partial charge < -0.3 is 10.2 Å². The number of aryl methyl sites for hydroxylation is 1. The first kappa shape index (κ1) is 20.3. The Morgan fingerprint density at radius 2 is 1.93 bits per heavy atom. The SMILES string of the molecule is Cc1ccnc(NC(=O)CN(C)C(=O)C2(c3cccc(Cl)c3)CCCCC2)c1. The Hall–Kier alpha value is -2.40. The molecule has 1 aliphatic carbocycles. The number of pyridine rings is 1. The molecule has 28 heavy (non-hydrogen) atoms. The molecule has 3 rings (SSSR count). The minimum atomic E-state index is -0.611. The fourth-order valence-corrected chi connectivity index (χ4v) is 4.20. The van der Waals surface area contributed by atoms with E-state index in [0.29, 0.717) is 10.8 Å². The maximum atomic E-state index is 13.5. The third kappa shape index (κ3) is 4.53. The summed E-state index contributed by atoms with van der Waals surface area (Å²) in [5.74, 6) is 0.209. The lowest BCUT2D eigenvalue weighted by Gasteiger charge is -2.39. The summed E-state index contributed by atoms with van der Waals surface area (Å²) in [7, 11) is 1.69. The molecule has 2 amide bonds. The molecule has 1 saturated carbocycles. The number of anilines is 1. The van der Waals surface area contributed by atoms with E-state index >= 15 is 0 Å². The second-order valence-corrected chi connectivity index (χ2v) is 8.02. The van der Waals surface area contributed by atoms with Crippen LogP contribution in [-0.2, 0) is 15.0 Å². The van der Waals surface area contributed by atoms with Gasteiger partial charge in [-0.15, -0.1) is 0 Å². The molecule has 6 heteroatoms. The highest BCUT2D eigenvalue weighted by molar-refractivity contribution is 6.30. The van der Waals surface area contributed by atoms with Gasteiger partial charge in [-0.2, -0.15) is 0 Å². The highest BCUT2D eigenvalue weighted by Crippen LogP contribution is 2.41. The molecule has 0 radical (unpaired) electrons. The first-order valence-corrected chi connectivity index (χ1v) is 10.0. The van der Waals surface area contributed by atoms with E-state index < -0.39 is 5.41 Å². The van der Waals surface area contributed by atoms with Crippen molar-refractivity contribution in [2.75, 3.05) is 18.9 Å². The van der Waals surface area contributed by atoms with Crippen LogP contribution in [0.5, 0.6) is 0 Å². The molecule has 0 unspecified atom stereocenters. The van der Waals surface area contributed by atoms with Gasteiger partial charge in [0.25, 0.3) is 0 Å². The van der Waals surface area contributed by atoms with Gasteiger partial charge in [0.1, 0.15) is 5.82 Å². The zero-order valence-electron chi connectivity index (χ0n) is 16.4. The first-order chi connectivity index (χ1) is 13.4. The lowest BCUT2D eigenvalue weighted by molar-refractivity contribution is -0.139. The van der Waals surface area contributed by atoms with Gasteiger partial charge in [-0.25, -0.2) is 4.98 Å². The van der Waals surface area contributed by atoms with Crippen LogP contribution in [0.25, 0.3) is 0 Å². The van der Waals surface area contributed by atoms with Crippen molar-refractivity contribution in [3.8, 4) is 0 Å². The fourth-order valence-electron chi connectivity index (χ4n) is 4.01. The number of hydrogen-bond acceptors (Lipinski definition) is 3. The second-order valence-electron chi connectivity index (χ2n) is 7.58. The van der Waals surface area contributed by atoms with Gasteiger partial charge in [-0.1, -0.05) is 43.0 Å².